The second-order valence-corrected chi connectivity index (χ2v) is 8.85. The van der Waals surface area contributed by atoms with Crippen molar-refractivity contribution in [1.82, 2.24) is 34.4 Å². The van der Waals surface area contributed by atoms with Crippen molar-refractivity contribution >= 4 is 34.7 Å². The maximum absolute atomic E-state index is 13.3. The van der Waals surface area contributed by atoms with Crippen LogP contribution in [-0.2, 0) is 0 Å². The van der Waals surface area contributed by atoms with Crippen LogP contribution in [0.25, 0.3) is 11.5 Å². The molecule has 4 aromatic heterocycles. The zero-order valence-corrected chi connectivity index (χ0v) is 21.0. The van der Waals surface area contributed by atoms with Crippen molar-refractivity contribution in [2.45, 2.75) is 25.6 Å². The number of alkyl halides is 1. The Hall–Kier alpha value is -4.81. The van der Waals surface area contributed by atoms with Gasteiger partial charge in [-0.1, -0.05) is 0 Å². The van der Waals surface area contributed by atoms with Crippen LogP contribution in [0.2, 0.25) is 0 Å². The molecule has 1 fully saturated rings. The molecule has 2 atom stereocenters. The zero-order valence-electron chi connectivity index (χ0n) is 21.0. The van der Waals surface area contributed by atoms with Gasteiger partial charge in [0.1, 0.15) is 17.7 Å². The number of hydrogen-bond acceptors (Lipinski definition) is 8. The molecule has 0 saturated heterocycles. The first-order valence-electron chi connectivity index (χ1n) is 12.0. The van der Waals surface area contributed by atoms with Gasteiger partial charge < -0.3 is 20.9 Å². The molecule has 0 spiro atoms. The van der Waals surface area contributed by atoms with Gasteiger partial charge in [-0.2, -0.15) is 0 Å². The number of nitrogens with zero attached hydrogens (tertiary/aromatic N) is 6. The highest BCUT2D eigenvalue weighted by Crippen LogP contribution is 2.26. The van der Waals surface area contributed by atoms with Gasteiger partial charge in [0, 0.05) is 45.5 Å². The number of halogens is 1. The molecule has 1 saturated carbocycles. The average Bonchev–Trinajstić information content (AvgIpc) is 3.44. The largest absolute Gasteiger partial charge is 0.385 e. The van der Waals surface area contributed by atoms with E-state index in [1.165, 1.54) is 21.5 Å². The minimum Gasteiger partial charge on any atom is -0.385 e. The summed E-state index contributed by atoms with van der Waals surface area (Å²) in [5, 5.41) is 13.1. The van der Waals surface area contributed by atoms with Gasteiger partial charge in [-0.3, -0.25) is 19.0 Å². The first-order chi connectivity index (χ1) is 18.3. The van der Waals surface area contributed by atoms with Crippen LogP contribution < -0.4 is 21.5 Å². The number of amides is 2. The number of rotatable bonds is 8. The Balaban J connectivity index is 1.44. The summed E-state index contributed by atoms with van der Waals surface area (Å²) in [6.07, 6.45) is 3.61. The number of fused-ring (bicyclic) bond motifs is 1. The lowest BCUT2D eigenvalue weighted by atomic mass is 10.2. The van der Waals surface area contributed by atoms with Crippen LogP contribution in [-0.4, -0.2) is 73.7 Å². The Labute approximate surface area is 216 Å². The van der Waals surface area contributed by atoms with Gasteiger partial charge in [0.25, 0.3) is 17.4 Å². The Bertz CT molecular complexity index is 1580. The smallest absolute Gasteiger partial charge is 0.279 e. The summed E-state index contributed by atoms with van der Waals surface area (Å²) in [5.74, 6) is -0.0385. The topological polar surface area (TPSA) is 139 Å². The van der Waals surface area contributed by atoms with Crippen molar-refractivity contribution in [1.29, 1.82) is 0 Å². The normalized spacial score (nSPS) is 16.2. The Morgan fingerprint density at radius 1 is 1.18 bits per heavy atom. The van der Waals surface area contributed by atoms with E-state index in [1.807, 2.05) is 6.92 Å². The van der Waals surface area contributed by atoms with Gasteiger partial charge in [0.15, 0.2) is 17.2 Å². The molecule has 2 amide bonds. The molecule has 4 heterocycles. The van der Waals surface area contributed by atoms with Gasteiger partial charge in [0.2, 0.25) is 0 Å². The molecule has 13 heteroatoms. The molecular weight excluding hydrogens is 493 g/mol. The predicted octanol–water partition coefficient (Wildman–Crippen LogP) is 1.99. The summed E-state index contributed by atoms with van der Waals surface area (Å²) in [5.41, 5.74) is 1.32. The van der Waals surface area contributed by atoms with Crippen LogP contribution in [0.15, 0.2) is 53.7 Å². The second-order valence-electron chi connectivity index (χ2n) is 8.85. The highest BCUT2D eigenvalue weighted by Gasteiger charge is 2.39. The van der Waals surface area contributed by atoms with Gasteiger partial charge in [-0.05, 0) is 31.2 Å². The Kier molecular flexibility index (Phi) is 6.49. The van der Waals surface area contributed by atoms with Crippen LogP contribution in [0.1, 0.15) is 34.2 Å². The van der Waals surface area contributed by atoms with E-state index in [2.05, 4.69) is 31.0 Å². The van der Waals surface area contributed by atoms with Crippen molar-refractivity contribution in [3.8, 4) is 5.82 Å². The van der Waals surface area contributed by atoms with E-state index in [0.29, 0.717) is 29.3 Å². The zero-order chi connectivity index (χ0) is 27.0. The fourth-order valence-corrected chi connectivity index (χ4v) is 3.85. The summed E-state index contributed by atoms with van der Waals surface area (Å²) in [4.78, 5) is 48.4. The van der Waals surface area contributed by atoms with Crippen molar-refractivity contribution in [2.75, 3.05) is 31.3 Å². The van der Waals surface area contributed by atoms with Crippen LogP contribution >= 0.6 is 0 Å². The number of pyridine rings is 2. The van der Waals surface area contributed by atoms with Gasteiger partial charge in [-0.15, -0.1) is 5.10 Å². The van der Waals surface area contributed by atoms with Crippen molar-refractivity contribution in [3.05, 3.63) is 70.5 Å². The summed E-state index contributed by atoms with van der Waals surface area (Å²) >= 11 is 0. The molecule has 0 aromatic carbocycles. The molecule has 38 heavy (non-hydrogen) atoms. The number of nitrogens with one attached hydrogen (secondary N) is 3. The van der Waals surface area contributed by atoms with Crippen LogP contribution in [0.5, 0.6) is 0 Å². The molecule has 3 N–H and O–H groups in total. The molecule has 0 radical (unpaired) electrons. The molecule has 196 valence electrons. The number of imidazole rings is 1. The third kappa shape index (κ3) is 4.65. The van der Waals surface area contributed by atoms with Crippen LogP contribution in [0.4, 0.5) is 21.6 Å². The SMILES string of the molecule is CCN(C)C(=O)c1ccc(-n2cccc(Nc3cc(NC)c4ncc(C(=O)N[C@@H]5C[C@@H]5F)n4n3)c2=O)nc1. The maximum atomic E-state index is 13.3. The average molecular weight is 520 g/mol. The van der Waals surface area contributed by atoms with E-state index >= 15 is 0 Å². The van der Waals surface area contributed by atoms with Crippen LogP contribution in [0, 0.1) is 0 Å². The van der Waals surface area contributed by atoms with Gasteiger partial charge in [-0.25, -0.2) is 18.9 Å². The number of anilines is 3. The molecule has 4 aromatic rings. The van der Waals surface area contributed by atoms with E-state index < -0.39 is 23.7 Å². The highest BCUT2D eigenvalue weighted by atomic mass is 19.1. The third-order valence-electron chi connectivity index (χ3n) is 6.27. The van der Waals surface area contributed by atoms with E-state index in [4.69, 9.17) is 0 Å². The van der Waals surface area contributed by atoms with Crippen molar-refractivity contribution in [2.24, 2.45) is 0 Å². The number of carbonyl (C=O) groups excluding carboxylic acids is 2. The second kappa shape index (κ2) is 9.92. The van der Waals surface area contributed by atoms with Gasteiger partial charge >= 0.3 is 0 Å². The van der Waals surface area contributed by atoms with E-state index in [0.717, 1.165) is 0 Å². The molecule has 0 aliphatic heterocycles. The molecule has 1 aliphatic carbocycles. The van der Waals surface area contributed by atoms with Crippen molar-refractivity contribution < 1.29 is 14.0 Å². The van der Waals surface area contributed by atoms with Crippen LogP contribution in [0.3, 0.4) is 0 Å². The summed E-state index contributed by atoms with van der Waals surface area (Å²) < 4.78 is 16.0. The summed E-state index contributed by atoms with van der Waals surface area (Å²) in [6, 6.07) is 7.64. The lowest BCUT2D eigenvalue weighted by molar-refractivity contribution is 0.0801. The first-order valence-corrected chi connectivity index (χ1v) is 12.0. The lowest BCUT2D eigenvalue weighted by Crippen LogP contribution is -2.28. The molecule has 5 rings (SSSR count). The van der Waals surface area contributed by atoms with Gasteiger partial charge in [0.05, 0.1) is 23.5 Å². The molecule has 0 unspecified atom stereocenters. The Morgan fingerprint density at radius 3 is 2.63 bits per heavy atom. The quantitative estimate of drug-likeness (QED) is 0.321. The number of carbonyl (C=O) groups is 2. The fourth-order valence-electron chi connectivity index (χ4n) is 3.85. The lowest BCUT2D eigenvalue weighted by Gasteiger charge is -2.14. The maximum Gasteiger partial charge on any atom is 0.279 e. The molecule has 0 bridgehead atoms. The fraction of sp³-hybridized carbons (Fsp3) is 0.280. The highest BCUT2D eigenvalue weighted by molar-refractivity contribution is 5.94. The number of hydrogen-bond donors (Lipinski definition) is 3. The summed E-state index contributed by atoms with van der Waals surface area (Å²) in [6.45, 7) is 2.44. The molecule has 12 nitrogen and oxygen atoms in total. The molecule has 1 aliphatic rings. The molecular formula is C25H26FN9O3. The van der Waals surface area contributed by atoms with E-state index in [9.17, 15) is 18.8 Å². The first kappa shape index (κ1) is 24.9. The monoisotopic (exact) mass is 519 g/mol. The van der Waals surface area contributed by atoms with E-state index in [1.54, 1.807) is 55.5 Å². The Morgan fingerprint density at radius 2 is 1.97 bits per heavy atom. The standard InChI is InChI=1S/C25H26FN9O3/c1-4-33(3)24(37)14-7-8-21(28-12-14)34-9-5-6-16(25(34)38)30-20-11-18(27-2)22-29-13-19(35(22)32-20)23(36)31-17-10-15(17)26/h5-9,11-13,15,17,27H,4,10H2,1-3H3,(H,30,32)(H,31,36)/t15-,17+/m0/s1. The number of aromatic nitrogens is 5. The van der Waals surface area contributed by atoms with Crippen molar-refractivity contribution in [3.63, 3.8) is 0 Å². The third-order valence-corrected chi connectivity index (χ3v) is 6.27. The minimum atomic E-state index is -1.04. The predicted molar refractivity (Wildman–Crippen MR) is 139 cm³/mol. The van der Waals surface area contributed by atoms with E-state index in [-0.39, 0.29) is 29.5 Å². The minimum absolute atomic E-state index is 0.136. The summed E-state index contributed by atoms with van der Waals surface area (Å²) in [7, 11) is 3.39.